The van der Waals surface area contributed by atoms with Gasteiger partial charge in [0.1, 0.15) is 0 Å². The van der Waals surface area contributed by atoms with E-state index in [1.165, 1.54) is 22.1 Å². The van der Waals surface area contributed by atoms with E-state index in [1.54, 1.807) is 0 Å². The van der Waals surface area contributed by atoms with Crippen molar-refractivity contribution in [2.45, 2.75) is 20.8 Å². The lowest BCUT2D eigenvalue weighted by molar-refractivity contribution is 1.36. The van der Waals surface area contributed by atoms with Gasteiger partial charge < -0.3 is 0 Å². The normalized spacial score (nSPS) is 10.7. The third kappa shape index (κ3) is 1.04. The fourth-order valence-corrected chi connectivity index (χ4v) is 1.70. The molecule has 0 saturated carbocycles. The molecule has 1 aromatic carbocycles. The molecule has 1 heterocycles. The highest BCUT2D eigenvalue weighted by Crippen LogP contribution is 2.47. The Morgan fingerprint density at radius 2 is 1.92 bits per heavy atom. The quantitative estimate of drug-likeness (QED) is 0.504. The van der Waals surface area contributed by atoms with Crippen LogP contribution in [-0.4, -0.2) is 4.98 Å². The summed E-state index contributed by atoms with van der Waals surface area (Å²) in [6.45, 7) is 6.11. The van der Waals surface area contributed by atoms with Crippen LogP contribution >= 0.6 is 0 Å². The van der Waals surface area contributed by atoms with Crippen molar-refractivity contribution in [1.29, 1.82) is 0 Å². The van der Waals surface area contributed by atoms with Gasteiger partial charge in [-0.15, -0.1) is 0 Å². The predicted molar refractivity (Wildman–Crippen MR) is 56.8 cm³/mol. The fourth-order valence-electron chi connectivity index (χ4n) is 1.70. The van der Waals surface area contributed by atoms with E-state index in [0.717, 1.165) is 5.52 Å². The maximum absolute atomic E-state index is 4.32. The molecule has 0 fully saturated rings. The molecule has 66 valence electrons. The number of rotatable bonds is 0. The van der Waals surface area contributed by atoms with Crippen LogP contribution in [0.1, 0.15) is 19.4 Å². The van der Waals surface area contributed by atoms with E-state index in [1.807, 2.05) is 20.0 Å². The topological polar surface area (TPSA) is 12.9 Å². The van der Waals surface area contributed by atoms with Crippen LogP contribution in [0.25, 0.3) is 22.0 Å². The number of benzene rings is 1. The molecule has 1 aliphatic rings. The number of fused-ring (bicyclic) bond motifs is 1. The highest BCUT2D eigenvalue weighted by atomic mass is 14.7. The molecular formula is C12H13N. The Morgan fingerprint density at radius 3 is 2.69 bits per heavy atom. The van der Waals surface area contributed by atoms with Crippen molar-refractivity contribution in [2.24, 2.45) is 0 Å². The maximum Gasteiger partial charge on any atom is 0.0714 e. The molecule has 0 aliphatic heterocycles. The molecule has 13 heavy (non-hydrogen) atoms. The van der Waals surface area contributed by atoms with Crippen molar-refractivity contribution < 1.29 is 0 Å². The predicted octanol–water partition coefficient (Wildman–Crippen LogP) is 3.55. The Bertz CT molecular complexity index is 458. The molecule has 0 bridgehead atoms. The number of aryl methyl sites for hydroxylation is 1. The standard InChI is InChI=1S/C10H7N.C2H6/c1-6-5-11-8-4-2-3-7-9(6)10(7)8;1-2/h2-5H,1H3;1-2H3. The summed E-state index contributed by atoms with van der Waals surface area (Å²) < 4.78 is 0. The molecule has 0 unspecified atom stereocenters. The van der Waals surface area contributed by atoms with Gasteiger partial charge in [-0.25, -0.2) is 0 Å². The first-order valence-corrected chi connectivity index (χ1v) is 4.76. The molecule has 0 spiro atoms. The van der Waals surface area contributed by atoms with Gasteiger partial charge in [0.15, 0.2) is 0 Å². The lowest BCUT2D eigenvalue weighted by Gasteiger charge is -1.86. The zero-order valence-corrected chi connectivity index (χ0v) is 8.26. The summed E-state index contributed by atoms with van der Waals surface area (Å²) >= 11 is 0. The minimum atomic E-state index is 1.14. The van der Waals surface area contributed by atoms with Crippen LogP contribution in [0.2, 0.25) is 0 Å². The summed E-state index contributed by atoms with van der Waals surface area (Å²) in [4.78, 5) is 4.32. The van der Waals surface area contributed by atoms with Crippen LogP contribution in [0.5, 0.6) is 0 Å². The Balaban J connectivity index is 0.000000308. The van der Waals surface area contributed by atoms with Gasteiger partial charge in [-0.2, -0.15) is 0 Å². The molecule has 1 nitrogen and oxygen atoms in total. The van der Waals surface area contributed by atoms with Gasteiger partial charge in [-0.05, 0) is 29.7 Å². The summed E-state index contributed by atoms with van der Waals surface area (Å²) in [6, 6.07) is 6.29. The first-order valence-electron chi connectivity index (χ1n) is 4.76. The van der Waals surface area contributed by atoms with Gasteiger partial charge >= 0.3 is 0 Å². The molecule has 1 aromatic heterocycles. The van der Waals surface area contributed by atoms with Crippen LogP contribution in [0.4, 0.5) is 0 Å². The Morgan fingerprint density at radius 1 is 1.15 bits per heavy atom. The first kappa shape index (κ1) is 8.24. The lowest BCUT2D eigenvalue weighted by atomic mass is 10.3. The van der Waals surface area contributed by atoms with Crippen LogP contribution < -0.4 is 0 Å². The Labute approximate surface area is 78.4 Å². The van der Waals surface area contributed by atoms with Gasteiger partial charge in [-0.3, -0.25) is 4.98 Å². The molecule has 0 atom stereocenters. The zero-order chi connectivity index (χ0) is 9.42. The van der Waals surface area contributed by atoms with Crippen LogP contribution in [0.3, 0.4) is 0 Å². The number of nitrogens with zero attached hydrogens (tertiary/aromatic N) is 1. The summed E-state index contributed by atoms with van der Waals surface area (Å²) in [5.41, 5.74) is 5.28. The monoisotopic (exact) mass is 171 g/mol. The van der Waals surface area contributed by atoms with Crippen LogP contribution in [-0.2, 0) is 0 Å². The van der Waals surface area contributed by atoms with Crippen LogP contribution in [0, 0.1) is 6.92 Å². The number of hydrogen-bond donors (Lipinski definition) is 0. The summed E-state index contributed by atoms with van der Waals surface area (Å²) in [5.74, 6) is 0. The van der Waals surface area contributed by atoms with E-state index >= 15 is 0 Å². The number of aromatic nitrogens is 1. The van der Waals surface area contributed by atoms with E-state index in [0.29, 0.717) is 0 Å². The third-order valence-electron chi connectivity index (χ3n) is 2.29. The number of pyridine rings is 1. The maximum atomic E-state index is 4.32. The van der Waals surface area contributed by atoms with Crippen molar-refractivity contribution in [3.63, 3.8) is 0 Å². The second kappa shape index (κ2) is 2.84. The Kier molecular flexibility index (Phi) is 1.80. The van der Waals surface area contributed by atoms with Gasteiger partial charge in [0.25, 0.3) is 0 Å². The molecule has 0 N–H and O–H groups in total. The summed E-state index contributed by atoms with van der Waals surface area (Å²) in [5, 5.41) is 1.38. The van der Waals surface area contributed by atoms with Gasteiger partial charge in [0, 0.05) is 11.6 Å². The van der Waals surface area contributed by atoms with E-state index in [-0.39, 0.29) is 0 Å². The first-order chi connectivity index (χ1) is 6.38. The fraction of sp³-hybridized carbons (Fsp3) is 0.250. The van der Waals surface area contributed by atoms with Gasteiger partial charge in [0.05, 0.1) is 5.52 Å². The molecule has 1 aliphatic carbocycles. The lowest BCUT2D eigenvalue weighted by Crippen LogP contribution is -1.71. The smallest absolute Gasteiger partial charge is 0.0714 e. The molecule has 2 aromatic rings. The molecule has 0 saturated heterocycles. The third-order valence-corrected chi connectivity index (χ3v) is 2.29. The summed E-state index contributed by atoms with van der Waals surface area (Å²) in [6.07, 6.45) is 1.95. The number of hydrogen-bond acceptors (Lipinski definition) is 1. The van der Waals surface area contributed by atoms with E-state index in [9.17, 15) is 0 Å². The molecule has 0 radical (unpaired) electrons. The van der Waals surface area contributed by atoms with Crippen molar-refractivity contribution in [2.75, 3.05) is 0 Å². The molecule has 1 heteroatoms. The molecule has 0 amide bonds. The second-order valence-electron chi connectivity index (χ2n) is 3.02. The molecular weight excluding hydrogens is 158 g/mol. The van der Waals surface area contributed by atoms with Crippen LogP contribution in [0.15, 0.2) is 24.4 Å². The minimum absolute atomic E-state index is 1.14. The van der Waals surface area contributed by atoms with Gasteiger partial charge in [0.2, 0.25) is 0 Å². The van der Waals surface area contributed by atoms with Crippen molar-refractivity contribution in [3.8, 4) is 11.1 Å². The van der Waals surface area contributed by atoms with Gasteiger partial charge in [-0.1, -0.05) is 26.0 Å². The van der Waals surface area contributed by atoms with E-state index in [4.69, 9.17) is 0 Å². The Hall–Kier alpha value is -1.37. The highest BCUT2D eigenvalue weighted by Gasteiger charge is 2.23. The van der Waals surface area contributed by atoms with Crippen molar-refractivity contribution >= 4 is 10.9 Å². The highest BCUT2D eigenvalue weighted by molar-refractivity contribution is 6.19. The van der Waals surface area contributed by atoms with E-state index < -0.39 is 0 Å². The van der Waals surface area contributed by atoms with Crippen molar-refractivity contribution in [3.05, 3.63) is 30.0 Å². The molecule has 3 rings (SSSR count). The van der Waals surface area contributed by atoms with Crippen molar-refractivity contribution in [1.82, 2.24) is 4.98 Å². The average molecular weight is 171 g/mol. The minimum Gasteiger partial charge on any atom is -0.256 e. The largest absolute Gasteiger partial charge is 0.256 e. The zero-order valence-electron chi connectivity index (χ0n) is 8.26. The average Bonchev–Trinajstić information content (AvgIpc) is 2.92. The van der Waals surface area contributed by atoms with E-state index in [2.05, 4.69) is 30.1 Å². The summed E-state index contributed by atoms with van der Waals surface area (Å²) in [7, 11) is 0. The second-order valence-corrected chi connectivity index (χ2v) is 3.02. The SMILES string of the molecule is CC.Cc1cnc2cccc3c2c1-3.